The Bertz CT molecular complexity index is 2500. The van der Waals surface area contributed by atoms with Crippen molar-refractivity contribution in [2.75, 3.05) is 0 Å². The van der Waals surface area contributed by atoms with Crippen molar-refractivity contribution >= 4 is 53.3 Å². The summed E-state index contributed by atoms with van der Waals surface area (Å²) in [7, 11) is 0. The minimum Gasteiger partial charge on any atom is -0.309 e. The van der Waals surface area contributed by atoms with Crippen molar-refractivity contribution in [2.24, 2.45) is 0 Å². The number of hydrogen-bond donors (Lipinski definition) is 0. The van der Waals surface area contributed by atoms with E-state index in [9.17, 15) is 0 Å². The van der Waals surface area contributed by atoms with Crippen LogP contribution in [0.15, 0.2) is 164 Å². The first kappa shape index (κ1) is 25.1. The van der Waals surface area contributed by atoms with E-state index in [2.05, 4.69) is 168 Å². The summed E-state index contributed by atoms with van der Waals surface area (Å²) in [5.74, 6) is 0. The fourth-order valence-electron chi connectivity index (χ4n) is 6.67. The molecule has 0 radical (unpaired) electrons. The standard InChI is InChI=1S/C42H27NS/c1-2-10-28(11-3-1)31-14-9-15-34(25-31)43-39-18-6-4-16-35(39)37-26-32(20-22-40(37)43)29-12-8-13-30(24-29)33-21-23-42-38(27-33)36-17-5-7-19-41(36)44-42/h1-27H. The predicted octanol–water partition coefficient (Wildman–Crippen LogP) is 12.2. The summed E-state index contributed by atoms with van der Waals surface area (Å²) in [5.41, 5.74) is 11.0. The molecule has 1 nitrogen and oxygen atoms in total. The highest BCUT2D eigenvalue weighted by Gasteiger charge is 2.14. The molecule has 44 heavy (non-hydrogen) atoms. The minimum absolute atomic E-state index is 1.17. The van der Waals surface area contributed by atoms with Crippen LogP contribution in [0.4, 0.5) is 0 Å². The molecule has 0 atom stereocenters. The van der Waals surface area contributed by atoms with Gasteiger partial charge in [-0.2, -0.15) is 0 Å². The lowest BCUT2D eigenvalue weighted by atomic mass is 9.97. The van der Waals surface area contributed by atoms with E-state index in [-0.39, 0.29) is 0 Å². The first-order valence-corrected chi connectivity index (χ1v) is 15.8. The van der Waals surface area contributed by atoms with Gasteiger partial charge in [0.25, 0.3) is 0 Å². The van der Waals surface area contributed by atoms with Crippen LogP contribution in [0.25, 0.3) is 81.0 Å². The third kappa shape index (κ3) is 4.07. The molecule has 0 saturated carbocycles. The van der Waals surface area contributed by atoms with Crippen LogP contribution in [0, 0.1) is 0 Å². The molecule has 0 aliphatic carbocycles. The highest BCUT2D eigenvalue weighted by molar-refractivity contribution is 7.25. The number of fused-ring (bicyclic) bond motifs is 6. The number of thiophene rings is 1. The van der Waals surface area contributed by atoms with Crippen molar-refractivity contribution in [3.8, 4) is 39.1 Å². The fraction of sp³-hybridized carbons (Fsp3) is 0. The maximum atomic E-state index is 2.40. The molecule has 2 aromatic heterocycles. The number of rotatable bonds is 4. The van der Waals surface area contributed by atoms with E-state index in [1.54, 1.807) is 0 Å². The van der Waals surface area contributed by atoms with Crippen LogP contribution in [-0.2, 0) is 0 Å². The summed E-state index contributed by atoms with van der Waals surface area (Å²) >= 11 is 1.87. The van der Waals surface area contributed by atoms with Crippen molar-refractivity contribution in [1.82, 2.24) is 4.57 Å². The highest BCUT2D eigenvalue weighted by Crippen LogP contribution is 2.39. The summed E-state index contributed by atoms with van der Waals surface area (Å²) in [6.07, 6.45) is 0. The van der Waals surface area contributed by atoms with Crippen LogP contribution in [0.3, 0.4) is 0 Å². The van der Waals surface area contributed by atoms with E-state index < -0.39 is 0 Å². The van der Waals surface area contributed by atoms with Crippen molar-refractivity contribution in [2.45, 2.75) is 0 Å². The molecule has 9 aromatic rings. The Labute approximate surface area is 259 Å². The van der Waals surface area contributed by atoms with Crippen LogP contribution in [0.2, 0.25) is 0 Å². The molecule has 0 saturated heterocycles. The van der Waals surface area contributed by atoms with Crippen molar-refractivity contribution in [3.05, 3.63) is 164 Å². The molecule has 9 rings (SSSR count). The Hall–Kier alpha value is -5.44. The topological polar surface area (TPSA) is 4.93 Å². The van der Waals surface area contributed by atoms with Crippen molar-refractivity contribution in [3.63, 3.8) is 0 Å². The molecule has 0 bridgehead atoms. The average molecular weight is 578 g/mol. The van der Waals surface area contributed by atoms with Gasteiger partial charge in [0.1, 0.15) is 0 Å². The number of para-hydroxylation sites is 1. The Balaban J connectivity index is 1.16. The van der Waals surface area contributed by atoms with Gasteiger partial charge < -0.3 is 4.57 Å². The van der Waals surface area contributed by atoms with E-state index in [0.717, 1.165) is 0 Å². The summed E-state index contributed by atoms with van der Waals surface area (Å²) in [6, 6.07) is 59.7. The van der Waals surface area contributed by atoms with E-state index in [0.29, 0.717) is 0 Å². The van der Waals surface area contributed by atoms with Crippen molar-refractivity contribution < 1.29 is 0 Å². The Morgan fingerprint density at radius 3 is 1.73 bits per heavy atom. The first-order valence-electron chi connectivity index (χ1n) is 15.0. The highest BCUT2D eigenvalue weighted by atomic mass is 32.1. The summed E-state index contributed by atoms with van der Waals surface area (Å²) in [6.45, 7) is 0. The molecule has 2 heteroatoms. The van der Waals surface area contributed by atoms with Gasteiger partial charge >= 0.3 is 0 Å². The van der Waals surface area contributed by atoms with Gasteiger partial charge in [-0.05, 0) is 88.0 Å². The van der Waals surface area contributed by atoms with Crippen molar-refractivity contribution in [1.29, 1.82) is 0 Å². The number of nitrogens with zero attached hydrogens (tertiary/aromatic N) is 1. The van der Waals surface area contributed by atoms with Crippen LogP contribution in [0.5, 0.6) is 0 Å². The van der Waals surface area contributed by atoms with Crippen LogP contribution in [-0.4, -0.2) is 4.57 Å². The third-order valence-corrected chi connectivity index (χ3v) is 9.94. The molecule has 7 aromatic carbocycles. The zero-order chi connectivity index (χ0) is 29.0. The second-order valence-electron chi connectivity index (χ2n) is 11.4. The fourth-order valence-corrected chi connectivity index (χ4v) is 7.76. The van der Waals surface area contributed by atoms with E-state index in [4.69, 9.17) is 0 Å². The molecule has 0 unspecified atom stereocenters. The van der Waals surface area contributed by atoms with Gasteiger partial charge in [-0.25, -0.2) is 0 Å². The Morgan fingerprint density at radius 2 is 0.886 bits per heavy atom. The van der Waals surface area contributed by atoms with E-state index >= 15 is 0 Å². The van der Waals surface area contributed by atoms with E-state index in [1.165, 1.54) is 81.0 Å². The van der Waals surface area contributed by atoms with Gasteiger partial charge in [-0.1, -0.05) is 109 Å². The normalized spacial score (nSPS) is 11.6. The lowest BCUT2D eigenvalue weighted by Gasteiger charge is -2.11. The van der Waals surface area contributed by atoms with Gasteiger partial charge in [0.15, 0.2) is 0 Å². The van der Waals surface area contributed by atoms with Gasteiger partial charge in [0.2, 0.25) is 0 Å². The lowest BCUT2D eigenvalue weighted by molar-refractivity contribution is 1.18. The molecule has 206 valence electrons. The first-order chi connectivity index (χ1) is 21.8. The Morgan fingerprint density at radius 1 is 0.318 bits per heavy atom. The van der Waals surface area contributed by atoms with Gasteiger partial charge in [-0.3, -0.25) is 0 Å². The number of hydrogen-bond acceptors (Lipinski definition) is 1. The second kappa shape index (κ2) is 10.1. The number of aromatic nitrogens is 1. The van der Waals surface area contributed by atoms with Gasteiger partial charge in [0, 0.05) is 36.6 Å². The SMILES string of the molecule is c1ccc(-c2cccc(-n3c4ccccc4c4cc(-c5cccc(-c6ccc7sc8ccccc8c7c6)c5)ccc43)c2)cc1. The van der Waals surface area contributed by atoms with Gasteiger partial charge in [-0.15, -0.1) is 11.3 Å². The molecular weight excluding hydrogens is 551 g/mol. The lowest BCUT2D eigenvalue weighted by Crippen LogP contribution is -1.94. The summed E-state index contributed by atoms with van der Waals surface area (Å²) in [5, 5.41) is 5.20. The molecule has 0 amide bonds. The maximum absolute atomic E-state index is 2.40. The monoisotopic (exact) mass is 577 g/mol. The average Bonchev–Trinajstić information content (AvgIpc) is 3.64. The summed E-state index contributed by atoms with van der Waals surface area (Å²) < 4.78 is 5.08. The Kier molecular flexibility index (Phi) is 5.75. The third-order valence-electron chi connectivity index (χ3n) is 8.79. The second-order valence-corrected chi connectivity index (χ2v) is 12.5. The minimum atomic E-state index is 1.17. The smallest absolute Gasteiger partial charge is 0.0541 e. The van der Waals surface area contributed by atoms with Gasteiger partial charge in [0.05, 0.1) is 11.0 Å². The van der Waals surface area contributed by atoms with Crippen LogP contribution >= 0.6 is 11.3 Å². The maximum Gasteiger partial charge on any atom is 0.0541 e. The molecular formula is C42H27NS. The molecule has 2 heterocycles. The van der Waals surface area contributed by atoms with Crippen LogP contribution in [0.1, 0.15) is 0 Å². The molecule has 0 spiro atoms. The molecule has 0 aliphatic rings. The summed E-state index contributed by atoms with van der Waals surface area (Å²) in [4.78, 5) is 0. The molecule has 0 fully saturated rings. The van der Waals surface area contributed by atoms with Crippen LogP contribution < -0.4 is 0 Å². The largest absolute Gasteiger partial charge is 0.309 e. The molecule has 0 aliphatic heterocycles. The predicted molar refractivity (Wildman–Crippen MR) is 190 cm³/mol. The quantitative estimate of drug-likeness (QED) is 0.196. The zero-order valence-corrected chi connectivity index (χ0v) is 24.8. The molecule has 0 N–H and O–H groups in total. The zero-order valence-electron chi connectivity index (χ0n) is 23.9. The number of benzene rings is 7. The van der Waals surface area contributed by atoms with E-state index in [1.807, 2.05) is 11.3 Å².